The second kappa shape index (κ2) is 7.35. The molecule has 1 amide bonds. The van der Waals surface area contributed by atoms with Gasteiger partial charge in [0.05, 0.1) is 0 Å². The van der Waals surface area contributed by atoms with E-state index in [1.807, 2.05) is 36.4 Å². The van der Waals surface area contributed by atoms with Crippen LogP contribution in [0.1, 0.15) is 29.8 Å². The number of piperidine rings is 1. The Morgan fingerprint density at radius 3 is 2.54 bits per heavy atom. The average Bonchev–Trinajstić information content (AvgIpc) is 3.20. The highest BCUT2D eigenvalue weighted by Gasteiger charge is 2.15. The lowest BCUT2D eigenvalue weighted by Crippen LogP contribution is -2.30. The molecule has 1 fully saturated rings. The number of aromatic nitrogens is 4. The van der Waals surface area contributed by atoms with Crippen LogP contribution in [-0.2, 0) is 0 Å². The number of rotatable bonds is 4. The van der Waals surface area contributed by atoms with Crippen molar-refractivity contribution in [3.63, 3.8) is 0 Å². The number of carbonyl (C=O) groups excluding carboxylic acids is 1. The van der Waals surface area contributed by atoms with E-state index in [0.29, 0.717) is 11.5 Å². The van der Waals surface area contributed by atoms with Crippen molar-refractivity contribution in [1.29, 1.82) is 0 Å². The minimum atomic E-state index is -0.250. The van der Waals surface area contributed by atoms with Gasteiger partial charge in [-0.1, -0.05) is 18.2 Å². The van der Waals surface area contributed by atoms with Crippen LogP contribution in [-0.4, -0.2) is 38.5 Å². The quantitative estimate of drug-likeness (QED) is 0.784. The molecule has 1 aromatic carbocycles. The predicted molar refractivity (Wildman–Crippen MR) is 99.6 cm³/mol. The number of hydrogen-bond donors (Lipinski definition) is 1. The molecule has 3 heterocycles. The molecule has 0 atom stereocenters. The van der Waals surface area contributed by atoms with E-state index in [4.69, 9.17) is 0 Å². The van der Waals surface area contributed by atoms with Crippen molar-refractivity contribution in [3.8, 4) is 5.82 Å². The fraction of sp³-hybridized carbons (Fsp3) is 0.263. The second-order valence-corrected chi connectivity index (χ2v) is 6.27. The summed E-state index contributed by atoms with van der Waals surface area (Å²) in [4.78, 5) is 27.5. The zero-order valence-corrected chi connectivity index (χ0v) is 14.4. The standard InChI is InChI=1S/C19H20N6O/c26-19(23-15-7-3-1-4-8-15)16-12-25(14-22-16)18-11-17(20-13-21-18)24-9-5-2-6-10-24/h1,3-4,7-8,11-14H,2,5-6,9-10H2,(H,23,26). The minimum Gasteiger partial charge on any atom is -0.356 e. The van der Waals surface area contributed by atoms with Crippen molar-refractivity contribution in [2.24, 2.45) is 0 Å². The summed E-state index contributed by atoms with van der Waals surface area (Å²) in [6.07, 6.45) is 8.49. The molecule has 4 rings (SSSR count). The van der Waals surface area contributed by atoms with Gasteiger partial charge in [-0.2, -0.15) is 0 Å². The first-order valence-corrected chi connectivity index (χ1v) is 8.77. The SMILES string of the molecule is O=C(Nc1ccccc1)c1cn(-c2cc(N3CCCCC3)ncn2)cn1. The third-order valence-electron chi connectivity index (χ3n) is 4.43. The van der Waals surface area contributed by atoms with Crippen LogP contribution >= 0.6 is 0 Å². The van der Waals surface area contributed by atoms with Gasteiger partial charge in [0.25, 0.3) is 5.91 Å². The zero-order valence-electron chi connectivity index (χ0n) is 14.4. The van der Waals surface area contributed by atoms with E-state index in [9.17, 15) is 4.79 Å². The topological polar surface area (TPSA) is 75.9 Å². The molecule has 2 aromatic heterocycles. The van der Waals surface area contributed by atoms with Crippen LogP contribution in [0, 0.1) is 0 Å². The van der Waals surface area contributed by atoms with Crippen molar-refractivity contribution in [3.05, 3.63) is 60.9 Å². The lowest BCUT2D eigenvalue weighted by molar-refractivity contribution is 0.102. The third kappa shape index (κ3) is 3.56. The molecule has 0 unspecified atom stereocenters. The normalized spacial score (nSPS) is 14.2. The van der Waals surface area contributed by atoms with Gasteiger partial charge in [-0.05, 0) is 31.4 Å². The van der Waals surface area contributed by atoms with Crippen molar-refractivity contribution < 1.29 is 4.79 Å². The molecule has 0 spiro atoms. The molecule has 1 N–H and O–H groups in total. The Kier molecular flexibility index (Phi) is 4.59. The highest BCUT2D eigenvalue weighted by molar-refractivity contribution is 6.02. The molecule has 0 saturated carbocycles. The number of carbonyl (C=O) groups is 1. The highest BCUT2D eigenvalue weighted by atomic mass is 16.1. The maximum atomic E-state index is 12.3. The maximum absolute atomic E-state index is 12.3. The number of nitrogens with one attached hydrogen (secondary N) is 1. The lowest BCUT2D eigenvalue weighted by Gasteiger charge is -2.27. The smallest absolute Gasteiger partial charge is 0.275 e. The molecule has 1 saturated heterocycles. The number of amides is 1. The van der Waals surface area contributed by atoms with Crippen LogP contribution in [0.15, 0.2) is 55.2 Å². The van der Waals surface area contributed by atoms with Gasteiger partial charge in [0.15, 0.2) is 0 Å². The Morgan fingerprint density at radius 1 is 0.962 bits per heavy atom. The van der Waals surface area contributed by atoms with Crippen LogP contribution in [0.4, 0.5) is 11.5 Å². The third-order valence-corrected chi connectivity index (χ3v) is 4.43. The number of para-hydroxylation sites is 1. The van der Waals surface area contributed by atoms with Gasteiger partial charge in [-0.15, -0.1) is 0 Å². The molecule has 3 aromatic rings. The van der Waals surface area contributed by atoms with E-state index < -0.39 is 0 Å². The van der Waals surface area contributed by atoms with E-state index in [1.165, 1.54) is 19.3 Å². The monoisotopic (exact) mass is 348 g/mol. The molecular formula is C19H20N6O. The molecule has 132 valence electrons. The first kappa shape index (κ1) is 16.3. The van der Waals surface area contributed by atoms with Crippen molar-refractivity contribution in [2.45, 2.75) is 19.3 Å². The minimum absolute atomic E-state index is 0.250. The predicted octanol–water partition coefficient (Wildman–Crippen LogP) is 2.90. The summed E-state index contributed by atoms with van der Waals surface area (Å²) < 4.78 is 1.75. The summed E-state index contributed by atoms with van der Waals surface area (Å²) in [6.45, 7) is 2.04. The number of benzene rings is 1. The van der Waals surface area contributed by atoms with E-state index in [1.54, 1.807) is 23.4 Å². The molecule has 7 nitrogen and oxygen atoms in total. The molecule has 0 radical (unpaired) electrons. The number of anilines is 2. The highest BCUT2D eigenvalue weighted by Crippen LogP contribution is 2.19. The average molecular weight is 348 g/mol. The van der Waals surface area contributed by atoms with Crippen LogP contribution in [0.3, 0.4) is 0 Å². The number of imidazole rings is 1. The molecule has 1 aliphatic heterocycles. The van der Waals surface area contributed by atoms with Crippen LogP contribution in [0.5, 0.6) is 0 Å². The Hall–Kier alpha value is -3.22. The van der Waals surface area contributed by atoms with Gasteiger partial charge < -0.3 is 10.2 Å². The van der Waals surface area contributed by atoms with Gasteiger partial charge in [-0.3, -0.25) is 9.36 Å². The summed E-state index contributed by atoms with van der Waals surface area (Å²) in [5, 5.41) is 2.83. The summed E-state index contributed by atoms with van der Waals surface area (Å²) in [5.74, 6) is 1.37. The van der Waals surface area contributed by atoms with E-state index in [2.05, 4.69) is 25.2 Å². The zero-order chi connectivity index (χ0) is 17.8. The lowest BCUT2D eigenvalue weighted by atomic mass is 10.1. The van der Waals surface area contributed by atoms with Crippen LogP contribution in [0.25, 0.3) is 5.82 Å². The molecule has 7 heteroatoms. The first-order valence-electron chi connectivity index (χ1n) is 8.77. The molecule has 1 aliphatic rings. The maximum Gasteiger partial charge on any atom is 0.275 e. The second-order valence-electron chi connectivity index (χ2n) is 6.27. The summed E-state index contributed by atoms with van der Waals surface area (Å²) in [7, 11) is 0. The molecular weight excluding hydrogens is 328 g/mol. The Balaban J connectivity index is 1.51. The number of hydrogen-bond acceptors (Lipinski definition) is 5. The fourth-order valence-electron chi connectivity index (χ4n) is 3.06. The summed E-state index contributed by atoms with van der Waals surface area (Å²) in [6, 6.07) is 11.3. The Bertz CT molecular complexity index is 886. The van der Waals surface area contributed by atoms with Crippen LogP contribution in [0.2, 0.25) is 0 Å². The first-order chi connectivity index (χ1) is 12.8. The Morgan fingerprint density at radius 2 is 1.73 bits per heavy atom. The summed E-state index contributed by atoms with van der Waals surface area (Å²) in [5.41, 5.74) is 1.08. The van der Waals surface area contributed by atoms with Gasteiger partial charge >= 0.3 is 0 Å². The van der Waals surface area contributed by atoms with Gasteiger partial charge in [0.1, 0.15) is 30.0 Å². The van der Waals surface area contributed by atoms with Gasteiger partial charge in [-0.25, -0.2) is 15.0 Å². The summed E-state index contributed by atoms with van der Waals surface area (Å²) >= 11 is 0. The van der Waals surface area contributed by atoms with Crippen molar-refractivity contribution >= 4 is 17.4 Å². The Labute approximate surface area is 151 Å². The number of nitrogens with zero attached hydrogens (tertiary/aromatic N) is 5. The van der Waals surface area contributed by atoms with Gasteiger partial charge in [0.2, 0.25) is 0 Å². The fourth-order valence-corrected chi connectivity index (χ4v) is 3.06. The molecule has 0 aliphatic carbocycles. The molecule has 26 heavy (non-hydrogen) atoms. The van der Waals surface area contributed by atoms with E-state index in [0.717, 1.165) is 24.6 Å². The van der Waals surface area contributed by atoms with Crippen molar-refractivity contribution in [2.75, 3.05) is 23.3 Å². The largest absolute Gasteiger partial charge is 0.356 e. The van der Waals surface area contributed by atoms with E-state index in [-0.39, 0.29) is 5.91 Å². The van der Waals surface area contributed by atoms with E-state index >= 15 is 0 Å². The van der Waals surface area contributed by atoms with Crippen LogP contribution < -0.4 is 10.2 Å². The van der Waals surface area contributed by atoms with Gasteiger partial charge in [0, 0.05) is 31.0 Å². The van der Waals surface area contributed by atoms with Crippen molar-refractivity contribution in [1.82, 2.24) is 19.5 Å². The molecule has 0 bridgehead atoms.